The molecule has 2 aliphatic heterocycles. The molecule has 40 heavy (non-hydrogen) atoms. The van der Waals surface area contributed by atoms with Crippen LogP contribution in [0.1, 0.15) is 84.9 Å². The Morgan fingerprint density at radius 1 is 0.975 bits per heavy atom. The molecule has 1 fully saturated rings. The molecule has 0 radical (unpaired) electrons. The van der Waals surface area contributed by atoms with E-state index in [1.807, 2.05) is 6.07 Å². The van der Waals surface area contributed by atoms with Gasteiger partial charge in [0, 0.05) is 24.5 Å². The Labute approximate surface area is 243 Å². The molecule has 2 heterocycles. The maximum atomic E-state index is 6.03. The largest absolute Gasteiger partial charge is 0.399 e. The van der Waals surface area contributed by atoms with Gasteiger partial charge in [-0.15, -0.1) is 0 Å². The first kappa shape index (κ1) is 29.9. The molecule has 1 atom stereocenters. The van der Waals surface area contributed by atoms with Gasteiger partial charge in [0.15, 0.2) is 0 Å². The van der Waals surface area contributed by atoms with Crippen LogP contribution < -0.4 is 11.1 Å². The van der Waals surface area contributed by atoms with E-state index in [1.54, 1.807) is 0 Å². The summed E-state index contributed by atoms with van der Waals surface area (Å²) >= 11 is 0. The molecule has 3 aromatic rings. The summed E-state index contributed by atoms with van der Waals surface area (Å²) in [5, 5.41) is 3.49. The number of benzene rings is 3. The van der Waals surface area contributed by atoms with Crippen molar-refractivity contribution in [1.82, 2.24) is 4.90 Å². The van der Waals surface area contributed by atoms with Gasteiger partial charge in [0.1, 0.15) is 0 Å². The van der Waals surface area contributed by atoms with Crippen molar-refractivity contribution >= 4 is 23.0 Å². The van der Waals surface area contributed by atoms with Gasteiger partial charge in [0.05, 0.1) is 0 Å². The topological polar surface area (TPSA) is 41.3 Å². The van der Waals surface area contributed by atoms with Crippen LogP contribution in [0.25, 0.3) is 11.6 Å². The standard InChI is InChI=1S/C21H26N2.C16H25N/c1-4-6-17(13-16-9-10-20(22)15(3)14(16)2)18-7-5-8-21-19(18)11-12-23-21;1-3-4-10-17-11-9-16(13-17)12-15-7-5-14(2)6-8-15/h5,7-10,13,23H,4,6,11-12,22H2,1-3H3;5-8,16H,3-4,9-13H2,1-2H3/b17-13+;. The minimum Gasteiger partial charge on any atom is -0.399 e. The average Bonchev–Trinajstić information content (AvgIpc) is 3.63. The van der Waals surface area contributed by atoms with E-state index in [2.05, 4.69) is 99.4 Å². The summed E-state index contributed by atoms with van der Waals surface area (Å²) in [4.78, 5) is 2.64. The molecule has 3 N–H and O–H groups in total. The molecule has 0 aliphatic carbocycles. The lowest BCUT2D eigenvalue weighted by Crippen LogP contribution is -2.22. The first-order chi connectivity index (χ1) is 19.4. The SMILES string of the molecule is CCC/C(=C\c1ccc(N)c(C)c1C)c1cccc2c1CCN2.CCCCN1CCC(Cc2ccc(C)cc2)C1. The number of anilines is 2. The van der Waals surface area contributed by atoms with Gasteiger partial charge in [0.25, 0.3) is 0 Å². The molecule has 3 heteroatoms. The molecule has 2 aliphatic rings. The second-order valence-electron chi connectivity index (χ2n) is 11.9. The van der Waals surface area contributed by atoms with Gasteiger partial charge in [-0.2, -0.15) is 0 Å². The van der Waals surface area contributed by atoms with Gasteiger partial charge >= 0.3 is 0 Å². The molecule has 0 saturated carbocycles. The third-order valence-electron chi connectivity index (χ3n) is 8.78. The van der Waals surface area contributed by atoms with Gasteiger partial charge in [-0.3, -0.25) is 0 Å². The van der Waals surface area contributed by atoms with E-state index < -0.39 is 0 Å². The molecule has 3 nitrogen and oxygen atoms in total. The van der Waals surface area contributed by atoms with Crippen LogP contribution >= 0.6 is 0 Å². The number of rotatable bonds is 9. The maximum absolute atomic E-state index is 6.03. The molecule has 214 valence electrons. The van der Waals surface area contributed by atoms with Gasteiger partial charge in [-0.1, -0.05) is 80.8 Å². The number of fused-ring (bicyclic) bond motifs is 1. The first-order valence-electron chi connectivity index (χ1n) is 15.6. The fourth-order valence-electron chi connectivity index (χ4n) is 6.13. The molecule has 0 amide bonds. The zero-order chi connectivity index (χ0) is 28.5. The molecular weight excluding hydrogens is 486 g/mol. The van der Waals surface area contributed by atoms with E-state index >= 15 is 0 Å². The molecule has 5 rings (SSSR count). The minimum absolute atomic E-state index is 0.876. The lowest BCUT2D eigenvalue weighted by Gasteiger charge is -2.15. The highest BCUT2D eigenvalue weighted by Crippen LogP contribution is 2.34. The van der Waals surface area contributed by atoms with E-state index in [4.69, 9.17) is 5.73 Å². The van der Waals surface area contributed by atoms with Crippen LogP contribution in [0.4, 0.5) is 11.4 Å². The van der Waals surface area contributed by atoms with Crippen LogP contribution in [0.15, 0.2) is 54.6 Å². The van der Waals surface area contributed by atoms with Crippen molar-refractivity contribution in [2.75, 3.05) is 37.2 Å². The predicted molar refractivity (Wildman–Crippen MR) is 176 cm³/mol. The number of allylic oxidation sites excluding steroid dienone is 1. The van der Waals surface area contributed by atoms with Crippen LogP contribution in [0.3, 0.4) is 0 Å². The summed E-state index contributed by atoms with van der Waals surface area (Å²) in [5.74, 6) is 0.884. The van der Waals surface area contributed by atoms with E-state index in [9.17, 15) is 0 Å². The molecular formula is C37H51N3. The fourth-order valence-corrected chi connectivity index (χ4v) is 6.13. The van der Waals surface area contributed by atoms with Crippen molar-refractivity contribution < 1.29 is 0 Å². The summed E-state index contributed by atoms with van der Waals surface area (Å²) < 4.78 is 0. The smallest absolute Gasteiger partial charge is 0.0379 e. The van der Waals surface area contributed by atoms with Crippen molar-refractivity contribution in [3.8, 4) is 0 Å². The predicted octanol–water partition coefficient (Wildman–Crippen LogP) is 8.85. The van der Waals surface area contributed by atoms with Crippen LogP contribution in [-0.4, -0.2) is 31.1 Å². The quantitative estimate of drug-likeness (QED) is 0.212. The van der Waals surface area contributed by atoms with Crippen LogP contribution in [0.5, 0.6) is 0 Å². The van der Waals surface area contributed by atoms with Crippen molar-refractivity contribution in [3.63, 3.8) is 0 Å². The summed E-state index contributed by atoms with van der Waals surface area (Å²) in [5.41, 5.74) is 19.1. The molecule has 0 bridgehead atoms. The van der Waals surface area contributed by atoms with E-state index in [-0.39, 0.29) is 0 Å². The third kappa shape index (κ3) is 7.79. The molecule has 1 unspecified atom stereocenters. The Morgan fingerprint density at radius 3 is 2.52 bits per heavy atom. The highest BCUT2D eigenvalue weighted by Gasteiger charge is 2.22. The number of nitrogen functional groups attached to an aromatic ring is 1. The van der Waals surface area contributed by atoms with Gasteiger partial charge in [-0.05, 0) is 123 Å². The van der Waals surface area contributed by atoms with Crippen molar-refractivity contribution in [2.45, 2.75) is 79.6 Å². The number of hydrogen-bond donors (Lipinski definition) is 2. The van der Waals surface area contributed by atoms with Gasteiger partial charge in [-0.25, -0.2) is 0 Å². The zero-order valence-electron chi connectivity index (χ0n) is 25.7. The summed E-state index contributed by atoms with van der Waals surface area (Å²) in [6.45, 7) is 15.9. The second-order valence-corrected chi connectivity index (χ2v) is 11.9. The van der Waals surface area contributed by atoms with Crippen LogP contribution in [0, 0.1) is 26.7 Å². The number of aryl methyl sites for hydroxylation is 1. The number of unbranched alkanes of at least 4 members (excludes halogenated alkanes) is 1. The van der Waals surface area contributed by atoms with E-state index in [0.29, 0.717) is 0 Å². The fraction of sp³-hybridized carbons (Fsp3) is 0.459. The Morgan fingerprint density at radius 2 is 1.77 bits per heavy atom. The summed E-state index contributed by atoms with van der Waals surface area (Å²) in [6, 6.07) is 19.9. The minimum atomic E-state index is 0.876. The zero-order valence-corrected chi connectivity index (χ0v) is 25.7. The summed E-state index contributed by atoms with van der Waals surface area (Å²) in [7, 11) is 0. The number of nitrogens with one attached hydrogen (secondary N) is 1. The van der Waals surface area contributed by atoms with Crippen LogP contribution in [-0.2, 0) is 12.8 Å². The third-order valence-corrected chi connectivity index (χ3v) is 8.78. The molecule has 1 saturated heterocycles. The van der Waals surface area contributed by atoms with Crippen molar-refractivity contribution in [2.24, 2.45) is 5.92 Å². The Bertz CT molecular complexity index is 1270. The Kier molecular flexibility index (Phi) is 10.9. The Hall–Kier alpha value is -3.04. The average molecular weight is 538 g/mol. The van der Waals surface area contributed by atoms with Gasteiger partial charge < -0.3 is 16.0 Å². The van der Waals surface area contributed by atoms with Gasteiger partial charge in [0.2, 0.25) is 0 Å². The normalized spacial score (nSPS) is 16.8. The Balaban J connectivity index is 0.000000194. The van der Waals surface area contributed by atoms with Crippen molar-refractivity contribution in [3.05, 3.63) is 93.5 Å². The highest BCUT2D eigenvalue weighted by molar-refractivity contribution is 5.86. The second kappa shape index (κ2) is 14.6. The lowest BCUT2D eigenvalue weighted by molar-refractivity contribution is 0.318. The molecule has 3 aromatic carbocycles. The molecule has 0 aromatic heterocycles. The number of hydrogen-bond acceptors (Lipinski definition) is 3. The highest BCUT2D eigenvalue weighted by atomic mass is 15.1. The van der Waals surface area contributed by atoms with Crippen molar-refractivity contribution in [1.29, 1.82) is 0 Å². The lowest BCUT2D eigenvalue weighted by atomic mass is 9.91. The number of nitrogens with two attached hydrogens (primary N) is 1. The number of nitrogens with zero attached hydrogens (tertiary/aromatic N) is 1. The monoisotopic (exact) mass is 537 g/mol. The number of likely N-dealkylation sites (tertiary alicyclic amines) is 1. The molecule has 0 spiro atoms. The maximum Gasteiger partial charge on any atom is 0.0379 e. The van der Waals surface area contributed by atoms with E-state index in [0.717, 1.165) is 37.4 Å². The first-order valence-corrected chi connectivity index (χ1v) is 15.6. The van der Waals surface area contributed by atoms with E-state index in [1.165, 1.54) is 95.5 Å². The summed E-state index contributed by atoms with van der Waals surface area (Å²) in [6.07, 6.45) is 11.1. The van der Waals surface area contributed by atoms with Crippen LogP contribution in [0.2, 0.25) is 0 Å².